The van der Waals surface area contributed by atoms with Crippen LogP contribution >= 0.6 is 0 Å². The molecule has 0 rings (SSSR count). The van der Waals surface area contributed by atoms with Crippen molar-refractivity contribution in [3.8, 4) is 0 Å². The summed E-state index contributed by atoms with van der Waals surface area (Å²) in [6.45, 7) is 4.26. The molecule has 2 atom stereocenters. The Morgan fingerprint density at radius 3 is 0.957 bits per heavy atom. The van der Waals surface area contributed by atoms with Crippen LogP contribution in [0, 0.1) is 0 Å². The molecular formula is C65H115NO3. The number of unbranched alkanes of at least 4 members (excludes halogenated alkanes) is 31. The molecule has 4 heteroatoms. The van der Waals surface area contributed by atoms with Crippen molar-refractivity contribution < 1.29 is 15.0 Å². The Hall–Kier alpha value is -2.69. The van der Waals surface area contributed by atoms with E-state index < -0.39 is 12.1 Å². The number of aliphatic hydroxyl groups is 2. The van der Waals surface area contributed by atoms with Gasteiger partial charge in [0, 0.05) is 6.42 Å². The van der Waals surface area contributed by atoms with E-state index >= 15 is 0 Å². The summed E-state index contributed by atoms with van der Waals surface area (Å²) < 4.78 is 0. The zero-order valence-corrected chi connectivity index (χ0v) is 45.8. The Balaban J connectivity index is 3.49. The summed E-state index contributed by atoms with van der Waals surface area (Å²) >= 11 is 0. The van der Waals surface area contributed by atoms with Crippen LogP contribution in [0.15, 0.2) is 97.2 Å². The number of aliphatic hydroxyl groups excluding tert-OH is 2. The zero-order valence-electron chi connectivity index (χ0n) is 45.8. The van der Waals surface area contributed by atoms with Crippen molar-refractivity contribution in [3.05, 3.63) is 97.2 Å². The number of hydrogen-bond acceptors (Lipinski definition) is 3. The molecule has 0 spiro atoms. The Labute approximate surface area is 430 Å². The molecule has 0 radical (unpaired) electrons. The van der Waals surface area contributed by atoms with Gasteiger partial charge in [-0.25, -0.2) is 0 Å². The average molecular weight is 959 g/mol. The molecule has 0 heterocycles. The van der Waals surface area contributed by atoms with E-state index in [1.54, 1.807) is 0 Å². The lowest BCUT2D eigenvalue weighted by molar-refractivity contribution is -0.123. The molecule has 0 fully saturated rings. The van der Waals surface area contributed by atoms with Gasteiger partial charge in [-0.1, -0.05) is 304 Å². The van der Waals surface area contributed by atoms with E-state index in [1.807, 2.05) is 0 Å². The van der Waals surface area contributed by atoms with Gasteiger partial charge < -0.3 is 15.5 Å². The molecule has 69 heavy (non-hydrogen) atoms. The molecule has 0 saturated carbocycles. The fourth-order valence-corrected chi connectivity index (χ4v) is 8.85. The quantitative estimate of drug-likeness (QED) is 0.0420. The van der Waals surface area contributed by atoms with Gasteiger partial charge in [0.25, 0.3) is 0 Å². The third-order valence-electron chi connectivity index (χ3n) is 13.4. The first kappa shape index (κ1) is 66.3. The van der Waals surface area contributed by atoms with Crippen LogP contribution < -0.4 is 5.32 Å². The number of rotatable bonds is 54. The highest BCUT2D eigenvalue weighted by atomic mass is 16.3. The van der Waals surface area contributed by atoms with Crippen molar-refractivity contribution in [2.45, 2.75) is 302 Å². The fraction of sp³-hybridized carbons (Fsp3) is 0.738. The molecule has 0 saturated heterocycles. The fourth-order valence-electron chi connectivity index (χ4n) is 8.85. The van der Waals surface area contributed by atoms with Crippen LogP contribution in [0.2, 0.25) is 0 Å². The Bertz CT molecular complexity index is 1270. The molecule has 0 aromatic rings. The summed E-state index contributed by atoms with van der Waals surface area (Å²) in [6, 6.07) is -0.540. The predicted octanol–water partition coefficient (Wildman–Crippen LogP) is 20.1. The second kappa shape index (κ2) is 59.6. The molecule has 4 nitrogen and oxygen atoms in total. The molecular weight excluding hydrogens is 843 g/mol. The maximum absolute atomic E-state index is 12.5. The van der Waals surface area contributed by atoms with Crippen molar-refractivity contribution in [2.75, 3.05) is 6.61 Å². The van der Waals surface area contributed by atoms with Crippen molar-refractivity contribution in [1.82, 2.24) is 5.32 Å². The lowest BCUT2D eigenvalue weighted by Crippen LogP contribution is -2.45. The SMILES string of the molecule is CC/C=C\C/C=C\C/C=C\C/C=C\C/C=C\C/C=C\C/C=C\C/C=C\CCCCCCCCCCCCCCCCCCC(=O)NC(CO)C(O)CCCCCCCCCCCCCCCCCC. The Kier molecular flexibility index (Phi) is 57.3. The topological polar surface area (TPSA) is 69.6 Å². The Morgan fingerprint density at radius 2 is 0.638 bits per heavy atom. The van der Waals surface area contributed by atoms with E-state index in [9.17, 15) is 15.0 Å². The Morgan fingerprint density at radius 1 is 0.362 bits per heavy atom. The predicted molar refractivity (Wildman–Crippen MR) is 308 cm³/mol. The van der Waals surface area contributed by atoms with Gasteiger partial charge in [-0.3, -0.25) is 4.79 Å². The second-order valence-corrected chi connectivity index (χ2v) is 20.0. The molecule has 0 aliphatic carbocycles. The van der Waals surface area contributed by atoms with E-state index in [4.69, 9.17) is 0 Å². The average Bonchev–Trinajstić information content (AvgIpc) is 3.35. The van der Waals surface area contributed by atoms with Crippen LogP contribution in [-0.2, 0) is 4.79 Å². The van der Waals surface area contributed by atoms with Crippen molar-refractivity contribution in [3.63, 3.8) is 0 Å². The molecule has 398 valence electrons. The summed E-state index contributed by atoms with van der Waals surface area (Å²) in [5, 5.41) is 23.3. The summed E-state index contributed by atoms with van der Waals surface area (Å²) in [6.07, 6.45) is 88.3. The van der Waals surface area contributed by atoms with Crippen LogP contribution in [0.5, 0.6) is 0 Å². The molecule has 0 aliphatic heterocycles. The third-order valence-corrected chi connectivity index (χ3v) is 13.4. The summed E-state index contributed by atoms with van der Waals surface area (Å²) in [7, 11) is 0. The normalized spacial score (nSPS) is 13.5. The lowest BCUT2D eigenvalue weighted by Gasteiger charge is -2.22. The largest absolute Gasteiger partial charge is 0.394 e. The van der Waals surface area contributed by atoms with Gasteiger partial charge in [0.05, 0.1) is 18.8 Å². The van der Waals surface area contributed by atoms with Crippen molar-refractivity contribution in [1.29, 1.82) is 0 Å². The van der Waals surface area contributed by atoms with E-state index in [0.717, 1.165) is 77.0 Å². The smallest absolute Gasteiger partial charge is 0.220 e. The summed E-state index contributed by atoms with van der Waals surface area (Å²) in [4.78, 5) is 12.5. The van der Waals surface area contributed by atoms with E-state index in [2.05, 4.69) is 116 Å². The second-order valence-electron chi connectivity index (χ2n) is 20.0. The van der Waals surface area contributed by atoms with Gasteiger partial charge >= 0.3 is 0 Å². The van der Waals surface area contributed by atoms with Gasteiger partial charge in [-0.15, -0.1) is 0 Å². The monoisotopic (exact) mass is 958 g/mol. The van der Waals surface area contributed by atoms with Gasteiger partial charge in [0.15, 0.2) is 0 Å². The first-order valence-corrected chi connectivity index (χ1v) is 29.9. The number of hydrogen-bond donors (Lipinski definition) is 3. The first-order valence-electron chi connectivity index (χ1n) is 29.9. The van der Waals surface area contributed by atoms with Crippen LogP contribution in [0.1, 0.15) is 290 Å². The highest BCUT2D eigenvalue weighted by Crippen LogP contribution is 2.17. The van der Waals surface area contributed by atoms with E-state index in [1.165, 1.54) is 186 Å². The van der Waals surface area contributed by atoms with Crippen LogP contribution in [0.4, 0.5) is 0 Å². The van der Waals surface area contributed by atoms with Crippen molar-refractivity contribution in [2.24, 2.45) is 0 Å². The molecule has 2 unspecified atom stereocenters. The van der Waals surface area contributed by atoms with Crippen LogP contribution in [0.25, 0.3) is 0 Å². The highest BCUT2D eigenvalue weighted by Gasteiger charge is 2.20. The molecule has 0 aromatic heterocycles. The standard InChI is InChI=1S/C65H115NO3/c1-3-5-7-9-11-13-15-17-19-21-22-23-24-25-26-27-28-29-30-31-32-33-34-35-36-37-38-39-40-41-42-43-44-45-47-49-51-53-55-57-59-61-65(69)66-63(62-67)64(68)60-58-56-54-52-50-48-46-20-18-16-14-12-10-8-6-4-2/h5,7,11,13,17,19,22-23,25-26,28-29,31-32,34-35,63-64,67-68H,3-4,6,8-10,12,14-16,18,20-21,24,27,30,33,36-62H2,1-2H3,(H,66,69)/b7-5-,13-11-,19-17-,23-22-,26-25-,29-28-,32-31-,35-34-. The minimum absolute atomic E-state index is 0.0312. The third kappa shape index (κ3) is 56.1. The number of amides is 1. The van der Waals surface area contributed by atoms with Gasteiger partial charge in [0.1, 0.15) is 0 Å². The first-order chi connectivity index (χ1) is 34.2. The number of allylic oxidation sites excluding steroid dienone is 16. The van der Waals surface area contributed by atoms with Gasteiger partial charge in [-0.2, -0.15) is 0 Å². The molecule has 1 amide bonds. The number of carbonyl (C=O) groups excluding carboxylic acids is 1. The lowest BCUT2D eigenvalue weighted by atomic mass is 10.0. The molecule has 0 bridgehead atoms. The maximum Gasteiger partial charge on any atom is 0.220 e. The molecule has 3 N–H and O–H groups in total. The number of nitrogens with one attached hydrogen (secondary N) is 1. The van der Waals surface area contributed by atoms with Crippen molar-refractivity contribution >= 4 is 5.91 Å². The van der Waals surface area contributed by atoms with Crippen LogP contribution in [-0.4, -0.2) is 34.9 Å². The summed E-state index contributed by atoms with van der Waals surface area (Å²) in [5.41, 5.74) is 0. The van der Waals surface area contributed by atoms with E-state index in [0.29, 0.717) is 12.8 Å². The maximum atomic E-state index is 12.5. The van der Waals surface area contributed by atoms with Gasteiger partial charge in [0.2, 0.25) is 5.91 Å². The van der Waals surface area contributed by atoms with Crippen LogP contribution in [0.3, 0.4) is 0 Å². The zero-order chi connectivity index (χ0) is 49.9. The van der Waals surface area contributed by atoms with E-state index in [-0.39, 0.29) is 12.5 Å². The minimum Gasteiger partial charge on any atom is -0.394 e. The van der Waals surface area contributed by atoms with Gasteiger partial charge in [-0.05, 0) is 77.0 Å². The number of carbonyl (C=O) groups is 1. The molecule has 0 aromatic carbocycles. The minimum atomic E-state index is -0.662. The molecule has 0 aliphatic rings. The highest BCUT2D eigenvalue weighted by molar-refractivity contribution is 5.76. The summed E-state index contributed by atoms with van der Waals surface area (Å²) in [5.74, 6) is -0.0312.